The van der Waals surface area contributed by atoms with Crippen LogP contribution in [-0.4, -0.2) is 29.1 Å². The van der Waals surface area contributed by atoms with E-state index >= 15 is 0 Å². The first-order valence-electron chi connectivity index (χ1n) is 7.88. The van der Waals surface area contributed by atoms with Crippen molar-refractivity contribution in [2.24, 2.45) is 0 Å². The number of benzene rings is 1. The zero-order valence-corrected chi connectivity index (χ0v) is 14.8. The molecule has 0 saturated carbocycles. The highest BCUT2D eigenvalue weighted by atomic mass is 32.1. The Morgan fingerprint density at radius 3 is 2.96 bits per heavy atom. The van der Waals surface area contributed by atoms with Gasteiger partial charge in [0.2, 0.25) is 0 Å². The molecular formula is C18H16N4O3S. The van der Waals surface area contributed by atoms with E-state index in [4.69, 9.17) is 14.7 Å². The van der Waals surface area contributed by atoms with Crippen molar-refractivity contribution >= 4 is 22.4 Å². The molecule has 0 aliphatic heterocycles. The summed E-state index contributed by atoms with van der Waals surface area (Å²) in [7, 11) is 0. The van der Waals surface area contributed by atoms with Crippen LogP contribution in [0.3, 0.4) is 0 Å². The van der Waals surface area contributed by atoms with Gasteiger partial charge in [-0.3, -0.25) is 10.1 Å². The molecule has 0 aliphatic carbocycles. The predicted molar refractivity (Wildman–Crippen MR) is 98.4 cm³/mol. The van der Waals surface area contributed by atoms with Gasteiger partial charge in [-0.15, -0.1) is 11.3 Å². The van der Waals surface area contributed by atoms with Crippen molar-refractivity contribution in [3.63, 3.8) is 0 Å². The maximum Gasteiger partial charge on any atom is 0.264 e. The van der Waals surface area contributed by atoms with Gasteiger partial charge < -0.3 is 14.5 Å². The molecule has 2 N–H and O–H groups in total. The Morgan fingerprint density at radius 2 is 2.23 bits per heavy atom. The molecule has 132 valence electrons. The minimum atomic E-state index is -0.329. The molecule has 0 atom stereocenters. The number of hydrogen-bond donors (Lipinski definition) is 2. The van der Waals surface area contributed by atoms with E-state index in [2.05, 4.69) is 15.3 Å². The summed E-state index contributed by atoms with van der Waals surface area (Å²) >= 11 is 1.33. The third-order valence-corrected chi connectivity index (χ3v) is 4.11. The maximum atomic E-state index is 12.1. The van der Waals surface area contributed by atoms with E-state index < -0.39 is 0 Å². The number of nitrogens with zero attached hydrogens (tertiary/aromatic N) is 2. The molecule has 1 aromatic carbocycles. The number of aromatic amines is 1. The monoisotopic (exact) mass is 368 g/mol. The molecule has 0 unspecified atom stereocenters. The lowest BCUT2D eigenvalue weighted by Gasteiger charge is -2.11. The van der Waals surface area contributed by atoms with Crippen molar-refractivity contribution < 1.29 is 14.3 Å². The molecule has 1 amide bonds. The summed E-state index contributed by atoms with van der Waals surface area (Å²) in [5.74, 6) is 0.513. The third kappa shape index (κ3) is 4.20. The maximum absolute atomic E-state index is 12.1. The third-order valence-electron chi connectivity index (χ3n) is 3.36. The van der Waals surface area contributed by atoms with Crippen LogP contribution in [0.5, 0.6) is 11.5 Å². The number of nitrogens with one attached hydrogen (secondary N) is 2. The van der Waals surface area contributed by atoms with E-state index in [0.717, 1.165) is 11.4 Å². The summed E-state index contributed by atoms with van der Waals surface area (Å²) < 4.78 is 11.0. The van der Waals surface area contributed by atoms with Crippen LogP contribution >= 0.6 is 11.3 Å². The van der Waals surface area contributed by atoms with E-state index in [-0.39, 0.29) is 12.5 Å². The first-order chi connectivity index (χ1) is 12.7. The minimum absolute atomic E-state index is 0.191. The quantitative estimate of drug-likeness (QED) is 0.665. The molecule has 0 spiro atoms. The Labute approximate surface area is 154 Å². The van der Waals surface area contributed by atoms with Gasteiger partial charge in [0.05, 0.1) is 29.6 Å². The lowest BCUT2D eigenvalue weighted by atomic mass is 10.2. The van der Waals surface area contributed by atoms with Gasteiger partial charge in [-0.1, -0.05) is 0 Å². The summed E-state index contributed by atoms with van der Waals surface area (Å²) in [6.45, 7) is 2.07. The zero-order valence-electron chi connectivity index (χ0n) is 14.0. The highest BCUT2D eigenvalue weighted by Gasteiger charge is 2.12. The van der Waals surface area contributed by atoms with Gasteiger partial charge in [0.25, 0.3) is 5.91 Å². The van der Waals surface area contributed by atoms with Crippen LogP contribution in [0.2, 0.25) is 0 Å². The molecule has 8 heteroatoms. The number of aromatic nitrogens is 2. The second-order valence-electron chi connectivity index (χ2n) is 5.16. The second-order valence-corrected chi connectivity index (χ2v) is 6.02. The van der Waals surface area contributed by atoms with Gasteiger partial charge in [0.15, 0.2) is 23.2 Å². The molecule has 0 bridgehead atoms. The van der Waals surface area contributed by atoms with Gasteiger partial charge >= 0.3 is 0 Å². The van der Waals surface area contributed by atoms with Crippen LogP contribution in [0.15, 0.2) is 41.9 Å². The largest absolute Gasteiger partial charge is 0.490 e. The number of amides is 1. The summed E-state index contributed by atoms with van der Waals surface area (Å²) in [4.78, 5) is 19.5. The molecule has 7 nitrogen and oxygen atoms in total. The molecule has 3 rings (SSSR count). The smallest absolute Gasteiger partial charge is 0.264 e. The van der Waals surface area contributed by atoms with Crippen molar-refractivity contribution in [2.45, 2.75) is 6.92 Å². The van der Waals surface area contributed by atoms with Crippen LogP contribution in [0, 0.1) is 11.3 Å². The van der Waals surface area contributed by atoms with Crippen molar-refractivity contribution in [2.75, 3.05) is 18.5 Å². The van der Waals surface area contributed by atoms with Crippen LogP contribution in [0.4, 0.5) is 5.13 Å². The van der Waals surface area contributed by atoms with Crippen molar-refractivity contribution in [1.82, 2.24) is 9.97 Å². The number of H-pyrrole nitrogens is 1. The number of nitriles is 1. The molecule has 3 aromatic rings. The molecule has 0 aliphatic rings. The van der Waals surface area contributed by atoms with E-state index in [1.807, 2.05) is 36.7 Å². The van der Waals surface area contributed by atoms with E-state index in [1.165, 1.54) is 11.3 Å². The van der Waals surface area contributed by atoms with Crippen LogP contribution in [0.25, 0.3) is 11.4 Å². The summed E-state index contributed by atoms with van der Waals surface area (Å²) in [5.41, 5.74) is 2.11. The minimum Gasteiger partial charge on any atom is -0.490 e. The number of thiazole rings is 1. The van der Waals surface area contributed by atoms with E-state index in [0.29, 0.717) is 28.8 Å². The Kier molecular flexibility index (Phi) is 5.51. The Bertz CT molecular complexity index is 928. The summed E-state index contributed by atoms with van der Waals surface area (Å²) in [6.07, 6.45) is 1.81. The Hall–Kier alpha value is -3.31. The van der Waals surface area contributed by atoms with E-state index in [9.17, 15) is 4.79 Å². The van der Waals surface area contributed by atoms with Crippen molar-refractivity contribution in [1.29, 1.82) is 5.26 Å². The molecule has 2 heterocycles. The number of carbonyl (C=O) groups excluding carboxylic acids is 1. The van der Waals surface area contributed by atoms with Gasteiger partial charge in [0, 0.05) is 17.6 Å². The van der Waals surface area contributed by atoms with E-state index in [1.54, 1.807) is 18.2 Å². The van der Waals surface area contributed by atoms with Crippen molar-refractivity contribution in [3.8, 4) is 29.0 Å². The number of rotatable bonds is 7. The highest BCUT2D eigenvalue weighted by Crippen LogP contribution is 2.28. The lowest BCUT2D eigenvalue weighted by Crippen LogP contribution is -2.20. The normalized spacial score (nSPS) is 10.2. The van der Waals surface area contributed by atoms with Gasteiger partial charge in [0.1, 0.15) is 0 Å². The number of hydrogen-bond acceptors (Lipinski definition) is 6. The van der Waals surface area contributed by atoms with Crippen LogP contribution in [0.1, 0.15) is 12.5 Å². The average molecular weight is 368 g/mol. The molecule has 0 radical (unpaired) electrons. The number of carbonyl (C=O) groups is 1. The molecular weight excluding hydrogens is 352 g/mol. The fourth-order valence-corrected chi connectivity index (χ4v) is 2.94. The lowest BCUT2D eigenvalue weighted by molar-refractivity contribution is -0.118. The fourth-order valence-electron chi connectivity index (χ4n) is 2.21. The molecule has 26 heavy (non-hydrogen) atoms. The predicted octanol–water partition coefficient (Wildman–Crippen LogP) is 3.43. The summed E-state index contributed by atoms with van der Waals surface area (Å²) in [6, 6.07) is 10.6. The molecule has 0 fully saturated rings. The first kappa shape index (κ1) is 17.5. The highest BCUT2D eigenvalue weighted by molar-refractivity contribution is 7.14. The Morgan fingerprint density at radius 1 is 1.35 bits per heavy atom. The zero-order chi connectivity index (χ0) is 18.4. The number of anilines is 1. The Balaban J connectivity index is 1.60. The molecule has 2 aromatic heterocycles. The second kappa shape index (κ2) is 8.18. The SMILES string of the molecule is CCOc1cc(C#N)ccc1OCC(=O)Nc1nc(-c2ccc[nH]2)cs1. The summed E-state index contributed by atoms with van der Waals surface area (Å²) in [5, 5.41) is 14.0. The van der Waals surface area contributed by atoms with Crippen molar-refractivity contribution in [3.05, 3.63) is 47.5 Å². The topological polar surface area (TPSA) is 100 Å². The first-order valence-corrected chi connectivity index (χ1v) is 8.76. The van der Waals surface area contributed by atoms with Gasteiger partial charge in [-0.05, 0) is 31.2 Å². The van der Waals surface area contributed by atoms with Crippen LogP contribution in [-0.2, 0) is 4.79 Å². The number of ether oxygens (including phenoxy) is 2. The standard InChI is InChI=1S/C18H16N4O3S/c1-2-24-16-8-12(9-19)5-6-15(16)25-10-17(23)22-18-21-14(11-26-18)13-4-3-7-20-13/h3-8,11,20H,2,10H2,1H3,(H,21,22,23). The molecule has 0 saturated heterocycles. The van der Waals surface area contributed by atoms with Gasteiger partial charge in [-0.25, -0.2) is 4.98 Å². The fraction of sp³-hybridized carbons (Fsp3) is 0.167. The van der Waals surface area contributed by atoms with Crippen LogP contribution < -0.4 is 14.8 Å². The average Bonchev–Trinajstić information content (AvgIpc) is 3.32. The van der Waals surface area contributed by atoms with Gasteiger partial charge in [-0.2, -0.15) is 5.26 Å².